The van der Waals surface area contributed by atoms with E-state index in [0.29, 0.717) is 0 Å². The lowest BCUT2D eigenvalue weighted by Crippen LogP contribution is -1.87. The van der Waals surface area contributed by atoms with Crippen molar-refractivity contribution in [2.45, 2.75) is 12.2 Å². The lowest BCUT2D eigenvalue weighted by atomic mass is 10.2. The Kier molecular flexibility index (Phi) is 3.71. The molecular weight excluding hydrogens is 198 g/mol. The second-order valence-electron chi connectivity index (χ2n) is 2.95. The van der Waals surface area contributed by atoms with Crippen LogP contribution in [-0.4, -0.2) is 10.2 Å². The van der Waals surface area contributed by atoms with Crippen LogP contribution in [0.2, 0.25) is 0 Å². The quantitative estimate of drug-likeness (QED) is 0.472. The van der Waals surface area contributed by atoms with Gasteiger partial charge < -0.3 is 0 Å². The summed E-state index contributed by atoms with van der Waals surface area (Å²) >= 11 is 4.19. The molecule has 14 heavy (non-hydrogen) atoms. The normalized spacial score (nSPS) is 13.0. The van der Waals surface area contributed by atoms with E-state index in [2.05, 4.69) is 12.6 Å². The molecule has 1 unspecified atom stereocenters. The molecule has 3 nitrogen and oxygen atoms in total. The van der Waals surface area contributed by atoms with Crippen molar-refractivity contribution < 1.29 is 4.92 Å². The molecule has 0 spiro atoms. The average Bonchev–Trinajstić information content (AvgIpc) is 2.15. The molecule has 1 aromatic carbocycles. The van der Waals surface area contributed by atoms with Gasteiger partial charge in [0, 0.05) is 17.4 Å². The van der Waals surface area contributed by atoms with E-state index in [1.54, 1.807) is 12.1 Å². The maximum atomic E-state index is 10.4. The summed E-state index contributed by atoms with van der Waals surface area (Å²) < 4.78 is 0. The predicted molar refractivity (Wildman–Crippen MR) is 60.6 cm³/mol. The summed E-state index contributed by atoms with van der Waals surface area (Å²) in [6.07, 6.45) is 3.81. The Hall–Kier alpha value is -1.29. The van der Waals surface area contributed by atoms with Gasteiger partial charge in [-0.05, 0) is 24.6 Å². The Balaban J connectivity index is 2.78. The topological polar surface area (TPSA) is 43.1 Å². The van der Waals surface area contributed by atoms with Crippen molar-refractivity contribution in [2.75, 3.05) is 0 Å². The van der Waals surface area contributed by atoms with Crippen LogP contribution in [0.3, 0.4) is 0 Å². The minimum atomic E-state index is -0.408. The SMILES string of the molecule is CC(S)/C=C/c1ccc([N+](=O)[O-])cc1. The zero-order chi connectivity index (χ0) is 10.6. The first-order valence-electron chi connectivity index (χ1n) is 4.20. The van der Waals surface area contributed by atoms with Crippen LogP contribution in [0.15, 0.2) is 30.3 Å². The molecule has 0 heterocycles. The van der Waals surface area contributed by atoms with Gasteiger partial charge in [-0.15, -0.1) is 0 Å². The molecule has 1 atom stereocenters. The van der Waals surface area contributed by atoms with E-state index in [-0.39, 0.29) is 10.9 Å². The van der Waals surface area contributed by atoms with Crippen LogP contribution in [0, 0.1) is 10.1 Å². The smallest absolute Gasteiger partial charge is 0.258 e. The van der Waals surface area contributed by atoms with E-state index in [0.717, 1.165) is 5.56 Å². The third-order valence-corrected chi connectivity index (χ3v) is 1.84. The molecule has 1 rings (SSSR count). The average molecular weight is 209 g/mol. The summed E-state index contributed by atoms with van der Waals surface area (Å²) in [5.74, 6) is 0. The molecule has 0 aliphatic carbocycles. The summed E-state index contributed by atoms with van der Waals surface area (Å²) in [7, 11) is 0. The first-order valence-corrected chi connectivity index (χ1v) is 4.72. The van der Waals surface area contributed by atoms with Crippen molar-refractivity contribution in [1.29, 1.82) is 0 Å². The number of hydrogen-bond acceptors (Lipinski definition) is 3. The number of benzene rings is 1. The number of non-ortho nitro benzene ring substituents is 1. The third kappa shape index (κ3) is 3.22. The largest absolute Gasteiger partial charge is 0.269 e. The number of hydrogen-bond donors (Lipinski definition) is 1. The van der Waals surface area contributed by atoms with Gasteiger partial charge in [0.05, 0.1) is 4.92 Å². The molecule has 1 aromatic rings. The number of nitro groups is 1. The molecule has 0 radical (unpaired) electrons. The van der Waals surface area contributed by atoms with Gasteiger partial charge in [-0.25, -0.2) is 0 Å². The molecule has 0 aliphatic rings. The summed E-state index contributed by atoms with van der Waals surface area (Å²) in [5, 5.41) is 10.5. The fourth-order valence-electron chi connectivity index (χ4n) is 0.958. The fourth-order valence-corrected chi connectivity index (χ4v) is 1.04. The maximum Gasteiger partial charge on any atom is 0.269 e. The second-order valence-corrected chi connectivity index (χ2v) is 3.76. The Morgan fingerprint density at radius 2 is 2.00 bits per heavy atom. The molecule has 4 heteroatoms. The van der Waals surface area contributed by atoms with Crippen molar-refractivity contribution in [3.63, 3.8) is 0 Å². The highest BCUT2D eigenvalue weighted by atomic mass is 32.1. The lowest BCUT2D eigenvalue weighted by molar-refractivity contribution is -0.384. The lowest BCUT2D eigenvalue weighted by Gasteiger charge is -1.95. The standard InChI is InChI=1S/C10H11NO2S/c1-8(14)2-3-9-4-6-10(7-5-9)11(12)13/h2-8,14H,1H3/b3-2+. The molecule has 0 saturated heterocycles. The molecule has 0 aromatic heterocycles. The zero-order valence-corrected chi connectivity index (χ0v) is 8.65. The minimum absolute atomic E-state index is 0.112. The van der Waals surface area contributed by atoms with Crippen LogP contribution in [0.25, 0.3) is 6.08 Å². The summed E-state index contributed by atoms with van der Waals surface area (Å²) in [6, 6.07) is 6.40. The number of nitro benzene ring substituents is 1. The van der Waals surface area contributed by atoms with Crippen molar-refractivity contribution in [3.8, 4) is 0 Å². The van der Waals surface area contributed by atoms with Crippen LogP contribution in [0.5, 0.6) is 0 Å². The molecule has 0 saturated carbocycles. The summed E-state index contributed by atoms with van der Waals surface area (Å²) in [6.45, 7) is 1.95. The second kappa shape index (κ2) is 4.81. The number of nitrogens with zero attached hydrogens (tertiary/aromatic N) is 1. The van der Waals surface area contributed by atoms with Gasteiger partial charge in [0.1, 0.15) is 0 Å². The molecule has 0 amide bonds. The Morgan fingerprint density at radius 3 is 2.43 bits per heavy atom. The fraction of sp³-hybridized carbons (Fsp3) is 0.200. The van der Waals surface area contributed by atoms with Gasteiger partial charge in [-0.2, -0.15) is 12.6 Å². The molecular formula is C10H11NO2S. The van der Waals surface area contributed by atoms with Gasteiger partial charge in [0.15, 0.2) is 0 Å². The zero-order valence-electron chi connectivity index (χ0n) is 7.75. The predicted octanol–water partition coefficient (Wildman–Crippen LogP) is 2.93. The van der Waals surface area contributed by atoms with E-state index >= 15 is 0 Å². The molecule has 0 fully saturated rings. The Bertz CT molecular complexity index is 344. The van der Waals surface area contributed by atoms with Gasteiger partial charge in [-0.3, -0.25) is 10.1 Å². The van der Waals surface area contributed by atoms with Crippen molar-refractivity contribution in [3.05, 3.63) is 46.0 Å². The third-order valence-electron chi connectivity index (χ3n) is 1.67. The van der Waals surface area contributed by atoms with Gasteiger partial charge >= 0.3 is 0 Å². The van der Waals surface area contributed by atoms with Crippen molar-refractivity contribution in [1.82, 2.24) is 0 Å². The minimum Gasteiger partial charge on any atom is -0.258 e. The van der Waals surface area contributed by atoms with E-state index in [1.165, 1.54) is 12.1 Å². The highest BCUT2D eigenvalue weighted by Crippen LogP contribution is 2.13. The van der Waals surface area contributed by atoms with E-state index in [4.69, 9.17) is 0 Å². The Morgan fingerprint density at radius 1 is 1.43 bits per heavy atom. The molecule has 0 bridgehead atoms. The van der Waals surface area contributed by atoms with Crippen molar-refractivity contribution >= 4 is 24.4 Å². The van der Waals surface area contributed by atoms with Crippen LogP contribution in [0.4, 0.5) is 5.69 Å². The highest BCUT2D eigenvalue weighted by Gasteiger charge is 2.01. The van der Waals surface area contributed by atoms with E-state index in [1.807, 2.05) is 19.1 Å². The molecule has 0 aliphatic heterocycles. The van der Waals surface area contributed by atoms with Crippen LogP contribution < -0.4 is 0 Å². The highest BCUT2D eigenvalue weighted by molar-refractivity contribution is 7.81. The van der Waals surface area contributed by atoms with Crippen LogP contribution >= 0.6 is 12.6 Å². The van der Waals surface area contributed by atoms with E-state index < -0.39 is 4.92 Å². The van der Waals surface area contributed by atoms with Crippen LogP contribution in [0.1, 0.15) is 12.5 Å². The number of rotatable bonds is 3. The first kappa shape index (κ1) is 10.8. The monoisotopic (exact) mass is 209 g/mol. The summed E-state index contributed by atoms with van der Waals surface area (Å²) in [4.78, 5) is 9.95. The molecule has 0 N–H and O–H groups in total. The van der Waals surface area contributed by atoms with E-state index in [9.17, 15) is 10.1 Å². The van der Waals surface area contributed by atoms with Gasteiger partial charge in [0.25, 0.3) is 5.69 Å². The summed E-state index contributed by atoms with van der Waals surface area (Å²) in [5.41, 5.74) is 1.05. The first-order chi connectivity index (χ1) is 6.59. The van der Waals surface area contributed by atoms with Gasteiger partial charge in [-0.1, -0.05) is 12.2 Å². The Labute approximate surface area is 88.0 Å². The van der Waals surface area contributed by atoms with Crippen LogP contribution in [-0.2, 0) is 0 Å². The number of thiol groups is 1. The molecule has 74 valence electrons. The van der Waals surface area contributed by atoms with Gasteiger partial charge in [0.2, 0.25) is 0 Å². The maximum absolute atomic E-state index is 10.4. The van der Waals surface area contributed by atoms with Crippen molar-refractivity contribution in [2.24, 2.45) is 0 Å².